The number of aromatic nitrogens is 8. The van der Waals surface area contributed by atoms with Gasteiger partial charge >= 0.3 is 17.9 Å². The van der Waals surface area contributed by atoms with Crippen molar-refractivity contribution < 1.29 is 57.3 Å². The fourth-order valence-corrected chi connectivity index (χ4v) is 11.9. The summed E-state index contributed by atoms with van der Waals surface area (Å²) in [7, 11) is 1.86. The first kappa shape index (κ1) is 62.0. The molecule has 25 heteroatoms. The lowest BCUT2D eigenvalue weighted by molar-refractivity contribution is -0.155. The monoisotopic (exact) mass is 1260 g/mol. The molecule has 0 atom stereocenters. The van der Waals surface area contributed by atoms with E-state index in [9.17, 15) is 33.6 Å². The summed E-state index contributed by atoms with van der Waals surface area (Å²) < 4.78 is 24.7. The van der Waals surface area contributed by atoms with Gasteiger partial charge in [0.05, 0.1) is 85.0 Å². The third-order valence-electron chi connectivity index (χ3n) is 16.2. The molecular formula is C68H67N13O12. The first-order chi connectivity index (χ1) is 44.7. The smallest absolute Gasteiger partial charge is 0.371 e. The number of furan rings is 2. The van der Waals surface area contributed by atoms with Gasteiger partial charge in [-0.1, -0.05) is 36.4 Å². The quantitative estimate of drug-likeness (QED) is 0.0664. The summed E-state index contributed by atoms with van der Waals surface area (Å²) in [6, 6.07) is 34.0. The van der Waals surface area contributed by atoms with Gasteiger partial charge in [-0.2, -0.15) is 0 Å². The number of imidazole rings is 4. The average molecular weight is 1260 g/mol. The molecule has 0 saturated carbocycles. The van der Waals surface area contributed by atoms with E-state index in [4.69, 9.17) is 28.8 Å². The Labute approximate surface area is 531 Å². The SMILES string of the molecule is CN(CC(=O)OC(C)(C)C)Cc1nc2cccc3c2n1CCNC3=O.Cc1cc(-c2nc3cccc4c3n2CCNC4=O)oc1C.O=C(O)c1ccc(-c2nc3cccc4c3n2CCNC4=O)o1.O=C(O)c1ccc(CCc2nc3cccc4c3n2CCNC4=O)cc1. The summed E-state index contributed by atoms with van der Waals surface area (Å²) in [5, 5.41) is 29.5. The molecular weight excluding hydrogens is 1190 g/mol. The van der Waals surface area contributed by atoms with E-state index in [1.807, 2.05) is 130 Å². The number of amides is 4. The number of nitrogens with one attached hydrogen (secondary N) is 4. The number of carboxylic acid groups (broad SMARTS) is 2. The van der Waals surface area contributed by atoms with Crippen LogP contribution in [0.4, 0.5) is 0 Å². The van der Waals surface area contributed by atoms with E-state index in [0.29, 0.717) is 98.3 Å². The predicted octanol–water partition coefficient (Wildman–Crippen LogP) is 8.21. The molecule has 10 heterocycles. The number of hydrogen-bond donors (Lipinski definition) is 6. The van der Waals surface area contributed by atoms with Crippen molar-refractivity contribution in [2.75, 3.05) is 39.8 Å². The van der Waals surface area contributed by atoms with Crippen molar-refractivity contribution in [3.05, 3.63) is 177 Å². The first-order valence-corrected chi connectivity index (χ1v) is 30.4. The number of para-hydroxylation sites is 4. The zero-order valence-corrected chi connectivity index (χ0v) is 52.0. The summed E-state index contributed by atoms with van der Waals surface area (Å²) in [5.41, 5.74) is 11.0. The van der Waals surface area contributed by atoms with Crippen LogP contribution >= 0.6 is 0 Å². The molecule has 0 unspecified atom stereocenters. The van der Waals surface area contributed by atoms with Crippen molar-refractivity contribution in [3.8, 4) is 23.2 Å². The summed E-state index contributed by atoms with van der Waals surface area (Å²) in [4.78, 5) is 103. The number of benzene rings is 5. The minimum Gasteiger partial charge on any atom is -0.478 e. The van der Waals surface area contributed by atoms with E-state index < -0.39 is 17.5 Å². The molecule has 4 aliphatic heterocycles. The highest BCUT2D eigenvalue weighted by molar-refractivity contribution is 6.08. The van der Waals surface area contributed by atoms with Gasteiger partial charge in [0, 0.05) is 58.8 Å². The molecule has 4 aliphatic rings. The Bertz CT molecular complexity index is 4760. The Morgan fingerprint density at radius 3 is 1.42 bits per heavy atom. The van der Waals surface area contributed by atoms with Crippen molar-refractivity contribution >= 4 is 85.7 Å². The second-order valence-electron chi connectivity index (χ2n) is 23.8. The number of carbonyl (C=O) groups excluding carboxylic acids is 5. The molecule has 6 aromatic heterocycles. The maximum atomic E-state index is 12.2. The van der Waals surface area contributed by atoms with Gasteiger partial charge in [0.2, 0.25) is 5.76 Å². The van der Waals surface area contributed by atoms with Crippen LogP contribution in [0.15, 0.2) is 124 Å². The number of ether oxygens (including phenoxy) is 1. The molecule has 476 valence electrons. The average Bonchev–Trinajstić information content (AvgIpc) is 1.64. The number of carbonyl (C=O) groups is 7. The fraction of sp³-hybridized carbons (Fsp3) is 0.279. The molecule has 11 aromatic rings. The Morgan fingerprint density at radius 1 is 0.538 bits per heavy atom. The van der Waals surface area contributed by atoms with Crippen LogP contribution < -0.4 is 21.3 Å². The highest BCUT2D eigenvalue weighted by Crippen LogP contribution is 2.33. The van der Waals surface area contributed by atoms with Crippen LogP contribution in [0.1, 0.15) is 112 Å². The van der Waals surface area contributed by atoms with E-state index >= 15 is 0 Å². The molecule has 0 bridgehead atoms. The second-order valence-corrected chi connectivity index (χ2v) is 23.8. The lowest BCUT2D eigenvalue weighted by Gasteiger charge is -2.22. The molecule has 0 saturated heterocycles. The highest BCUT2D eigenvalue weighted by atomic mass is 16.6. The van der Waals surface area contributed by atoms with E-state index in [1.165, 1.54) is 6.07 Å². The molecule has 0 spiro atoms. The topological polar surface area (TPSA) is 318 Å². The number of aromatic carboxylic acids is 2. The molecule has 6 N–H and O–H groups in total. The molecule has 5 aromatic carbocycles. The third kappa shape index (κ3) is 12.8. The number of esters is 1. The predicted molar refractivity (Wildman–Crippen MR) is 343 cm³/mol. The minimum absolute atomic E-state index is 0.0439. The summed E-state index contributed by atoms with van der Waals surface area (Å²) in [6.07, 6.45) is 1.49. The van der Waals surface area contributed by atoms with Crippen LogP contribution in [0.3, 0.4) is 0 Å². The van der Waals surface area contributed by atoms with E-state index in [-0.39, 0.29) is 47.5 Å². The van der Waals surface area contributed by atoms with Gasteiger partial charge in [-0.15, -0.1) is 0 Å². The van der Waals surface area contributed by atoms with Gasteiger partial charge in [-0.05, 0) is 138 Å². The van der Waals surface area contributed by atoms with Gasteiger partial charge in [0.15, 0.2) is 23.2 Å². The zero-order chi connectivity index (χ0) is 65.4. The Morgan fingerprint density at radius 2 is 0.978 bits per heavy atom. The highest BCUT2D eigenvalue weighted by Gasteiger charge is 2.28. The molecule has 0 radical (unpaired) electrons. The van der Waals surface area contributed by atoms with Gasteiger partial charge < -0.3 is 63.3 Å². The van der Waals surface area contributed by atoms with E-state index in [1.54, 1.807) is 30.3 Å². The molecule has 15 rings (SSSR count). The zero-order valence-electron chi connectivity index (χ0n) is 52.0. The van der Waals surface area contributed by atoms with Crippen molar-refractivity contribution in [1.29, 1.82) is 0 Å². The number of carboxylic acids is 2. The molecule has 93 heavy (non-hydrogen) atoms. The van der Waals surface area contributed by atoms with Crippen molar-refractivity contribution in [2.45, 2.75) is 85.8 Å². The Hall–Kier alpha value is -11.2. The number of likely N-dealkylation sites (N-methyl/N-ethyl adjacent to an activating group) is 1. The van der Waals surface area contributed by atoms with Crippen LogP contribution in [0.5, 0.6) is 0 Å². The van der Waals surface area contributed by atoms with E-state index in [2.05, 4.69) is 49.9 Å². The van der Waals surface area contributed by atoms with Gasteiger partial charge in [0.25, 0.3) is 23.6 Å². The lowest BCUT2D eigenvalue weighted by atomic mass is 10.1. The van der Waals surface area contributed by atoms with Crippen LogP contribution in [0.25, 0.3) is 67.3 Å². The fourth-order valence-electron chi connectivity index (χ4n) is 11.9. The number of hydrogen-bond acceptors (Lipinski definition) is 15. The lowest BCUT2D eigenvalue weighted by Crippen LogP contribution is -2.33. The number of nitrogens with zero attached hydrogens (tertiary/aromatic N) is 9. The van der Waals surface area contributed by atoms with Crippen LogP contribution in [-0.2, 0) is 55.1 Å². The van der Waals surface area contributed by atoms with Gasteiger partial charge in [0.1, 0.15) is 23.0 Å². The van der Waals surface area contributed by atoms with Gasteiger partial charge in [-0.25, -0.2) is 29.5 Å². The number of rotatable bonds is 11. The third-order valence-corrected chi connectivity index (χ3v) is 16.2. The second kappa shape index (κ2) is 25.6. The summed E-state index contributed by atoms with van der Waals surface area (Å²) in [6.45, 7) is 15.0. The minimum atomic E-state index is -1.13. The van der Waals surface area contributed by atoms with Crippen LogP contribution in [-0.4, -0.2) is 140 Å². The molecule has 4 amide bonds. The largest absolute Gasteiger partial charge is 0.478 e. The van der Waals surface area contributed by atoms with E-state index in [0.717, 1.165) is 91.6 Å². The molecule has 0 aliphatic carbocycles. The maximum absolute atomic E-state index is 12.2. The van der Waals surface area contributed by atoms with Crippen LogP contribution in [0, 0.1) is 13.8 Å². The summed E-state index contributed by atoms with van der Waals surface area (Å²) in [5.74, 6) is 2.34. The van der Waals surface area contributed by atoms with Crippen LogP contribution in [0.2, 0.25) is 0 Å². The Balaban J connectivity index is 0.000000120. The number of aryl methyl sites for hydroxylation is 4. The van der Waals surface area contributed by atoms with Crippen molar-refractivity contribution in [3.63, 3.8) is 0 Å². The van der Waals surface area contributed by atoms with Gasteiger partial charge in [-0.3, -0.25) is 28.9 Å². The maximum Gasteiger partial charge on any atom is 0.371 e. The first-order valence-electron chi connectivity index (χ1n) is 30.4. The molecule has 25 nitrogen and oxygen atoms in total. The Kier molecular flexibility index (Phi) is 17.1. The molecule has 0 fully saturated rings. The van der Waals surface area contributed by atoms with Crippen molar-refractivity contribution in [1.82, 2.24) is 64.4 Å². The normalized spacial score (nSPS) is 14.1. The summed E-state index contributed by atoms with van der Waals surface area (Å²) >= 11 is 0. The standard InChI is InChI=1S/C19H17N3O3.C18H24N4O3.C16H15N3O2.C15H11N3O4/c23-18-14-2-1-3-15-17(14)22(11-10-20-18)16(21-15)9-6-12-4-7-13(8-5-12)19(24)25;1-18(2,3)25-15(23)11-21(4)10-14-20-13-7-5-6-12-16(13)22(14)9-8-19-17(12)24;1-9-8-13(21-10(9)2)15-18-12-5-3-4-11-14(12)19(15)7-6-17-16(11)20;19-14-8-2-1-3-9-12(8)18(7-6-16-14)13(17-9)10-4-5-11(22-10)15(20)21/h1-5,7-8H,6,9-11H2,(H,20,23)(H,24,25);5-7H,8-11H2,1-4H3,(H,19,24);3-5,8H,6-7H2,1-2H3,(H,17,20);1-5H,6-7H2,(H,16,19)(H,20,21). The van der Waals surface area contributed by atoms with Crippen molar-refractivity contribution in [2.24, 2.45) is 0 Å².